The fraction of sp³-hybridized carbons (Fsp3) is 0.235. The highest BCUT2D eigenvalue weighted by molar-refractivity contribution is 7.85. The number of carbonyl (C=O) groups excluding carboxylic acids is 1. The zero-order valence-corrected chi connectivity index (χ0v) is 15.5. The molecule has 0 aliphatic heterocycles. The van der Waals surface area contributed by atoms with Gasteiger partial charge in [0.05, 0.1) is 13.4 Å². The minimum absolute atomic E-state index is 0.101. The fourth-order valence-corrected chi connectivity index (χ4v) is 2.23. The number of ether oxygens (including phenoxy) is 2. The van der Waals surface area contributed by atoms with E-state index in [9.17, 15) is 13.2 Å². The van der Waals surface area contributed by atoms with E-state index in [0.29, 0.717) is 12.0 Å². The minimum atomic E-state index is -3.67. The van der Waals surface area contributed by atoms with E-state index in [1.165, 1.54) is 12.7 Å². The van der Waals surface area contributed by atoms with Crippen LogP contribution in [0.3, 0.4) is 0 Å². The lowest BCUT2D eigenvalue weighted by molar-refractivity contribution is 0.121. The van der Waals surface area contributed by atoms with Gasteiger partial charge in [0, 0.05) is 5.25 Å². The molecule has 0 aliphatic carbocycles. The van der Waals surface area contributed by atoms with Crippen LogP contribution in [-0.2, 0) is 21.3 Å². The first-order chi connectivity index (χ1) is 11.7. The molecule has 1 unspecified atom stereocenters. The molecule has 136 valence electrons. The minimum Gasteiger partial charge on any atom is -0.437 e. The zero-order valence-electron chi connectivity index (χ0n) is 13.8. The van der Waals surface area contributed by atoms with Crippen molar-refractivity contribution >= 4 is 28.9 Å². The first kappa shape index (κ1) is 21.0. The third-order valence-corrected chi connectivity index (χ3v) is 3.39. The highest BCUT2D eigenvalue weighted by atomic mass is 32.2. The Balaban J connectivity index is 0.000000550. The molecule has 0 fully saturated rings. The summed E-state index contributed by atoms with van der Waals surface area (Å²) in [6, 6.07) is 17.5. The quantitative estimate of drug-likeness (QED) is 0.363. The lowest BCUT2D eigenvalue weighted by Gasteiger charge is -2.12. The van der Waals surface area contributed by atoms with Gasteiger partial charge in [-0.1, -0.05) is 42.5 Å². The molecule has 0 saturated carbocycles. The molecule has 0 saturated heterocycles. The summed E-state index contributed by atoms with van der Waals surface area (Å²) in [5.41, 5.74) is 2.32. The van der Waals surface area contributed by atoms with Crippen LogP contribution < -0.4 is 4.74 Å². The molecule has 0 spiro atoms. The van der Waals surface area contributed by atoms with Gasteiger partial charge >= 0.3 is 6.16 Å². The summed E-state index contributed by atoms with van der Waals surface area (Å²) in [7, 11) is -2.39. The van der Waals surface area contributed by atoms with Crippen molar-refractivity contribution in [2.45, 2.75) is 11.7 Å². The van der Waals surface area contributed by atoms with Gasteiger partial charge in [-0.3, -0.25) is 4.55 Å². The van der Waals surface area contributed by atoms with Crippen molar-refractivity contribution in [3.05, 3.63) is 65.7 Å². The monoisotopic (exact) mass is 384 g/mol. The van der Waals surface area contributed by atoms with Crippen molar-refractivity contribution in [3.8, 4) is 5.75 Å². The van der Waals surface area contributed by atoms with Gasteiger partial charge < -0.3 is 9.47 Å². The summed E-state index contributed by atoms with van der Waals surface area (Å²) >= 11 is 4.62. The highest BCUT2D eigenvalue weighted by Gasteiger charge is 2.09. The van der Waals surface area contributed by atoms with Crippen LogP contribution in [0.2, 0.25) is 0 Å². The van der Waals surface area contributed by atoms with Gasteiger partial charge in [-0.05, 0) is 29.7 Å². The van der Waals surface area contributed by atoms with Crippen LogP contribution in [0.5, 0.6) is 5.75 Å². The number of benzene rings is 2. The first-order valence-corrected chi connectivity index (χ1v) is 9.55. The molecule has 0 aromatic heterocycles. The van der Waals surface area contributed by atoms with Gasteiger partial charge in [-0.25, -0.2) is 4.79 Å². The number of rotatable bonds is 4. The summed E-state index contributed by atoms with van der Waals surface area (Å²) in [5, 5.41) is 0.101. The van der Waals surface area contributed by atoms with E-state index in [4.69, 9.17) is 9.29 Å². The second kappa shape index (κ2) is 10.1. The summed E-state index contributed by atoms with van der Waals surface area (Å²) in [6.45, 7) is 0. The average Bonchev–Trinajstić information content (AvgIpc) is 2.54. The molecular formula is C17H20O6S2. The van der Waals surface area contributed by atoms with Crippen LogP contribution in [0, 0.1) is 0 Å². The lowest BCUT2D eigenvalue weighted by Crippen LogP contribution is -2.07. The number of hydrogen-bond donors (Lipinski definition) is 2. The van der Waals surface area contributed by atoms with Crippen molar-refractivity contribution in [1.29, 1.82) is 0 Å². The SMILES string of the molecule is COC(=O)Oc1ccc(C(S)Cc2ccccc2)cc1.CS(=O)(=O)O. The Morgan fingerprint density at radius 1 is 1.12 bits per heavy atom. The number of thiol groups is 1. The molecule has 0 bridgehead atoms. The normalized spacial score (nSPS) is 11.7. The molecular weight excluding hydrogens is 364 g/mol. The Morgan fingerprint density at radius 3 is 2.12 bits per heavy atom. The van der Waals surface area contributed by atoms with E-state index in [1.54, 1.807) is 12.1 Å². The summed E-state index contributed by atoms with van der Waals surface area (Å²) in [4.78, 5) is 11.0. The Bertz CT molecular complexity index is 749. The molecule has 6 nitrogen and oxygen atoms in total. The standard InChI is InChI=1S/C16H16O3S.CH4O3S/c1-18-16(17)19-14-9-7-13(8-10-14)15(20)11-12-5-3-2-4-6-12;1-5(2,3)4/h2-10,15,20H,11H2,1H3;1H3,(H,2,3,4). The smallest absolute Gasteiger partial charge is 0.437 e. The van der Waals surface area contributed by atoms with Crippen molar-refractivity contribution in [3.63, 3.8) is 0 Å². The van der Waals surface area contributed by atoms with E-state index >= 15 is 0 Å². The highest BCUT2D eigenvalue weighted by Crippen LogP contribution is 2.26. The molecule has 1 N–H and O–H groups in total. The topological polar surface area (TPSA) is 89.9 Å². The lowest BCUT2D eigenvalue weighted by atomic mass is 10.0. The van der Waals surface area contributed by atoms with Gasteiger partial charge in [0.1, 0.15) is 5.75 Å². The predicted molar refractivity (Wildman–Crippen MR) is 98.8 cm³/mol. The van der Waals surface area contributed by atoms with Crippen molar-refractivity contribution in [2.75, 3.05) is 13.4 Å². The van der Waals surface area contributed by atoms with Crippen LogP contribution in [0.25, 0.3) is 0 Å². The van der Waals surface area contributed by atoms with Crippen LogP contribution in [0.15, 0.2) is 54.6 Å². The molecule has 1 atom stereocenters. The van der Waals surface area contributed by atoms with Gasteiger partial charge in [-0.2, -0.15) is 21.0 Å². The van der Waals surface area contributed by atoms with Crippen molar-refractivity contribution in [1.82, 2.24) is 0 Å². The Hall–Kier alpha value is -2.03. The molecule has 2 rings (SSSR count). The average molecular weight is 384 g/mol. The molecule has 0 heterocycles. The number of methoxy groups -OCH3 is 1. The van der Waals surface area contributed by atoms with E-state index in [2.05, 4.69) is 29.5 Å². The maximum absolute atomic E-state index is 11.0. The predicted octanol–water partition coefficient (Wildman–Crippen LogP) is 3.55. The van der Waals surface area contributed by atoms with E-state index in [1.807, 2.05) is 30.3 Å². The maximum atomic E-state index is 11.0. The summed E-state index contributed by atoms with van der Waals surface area (Å²) in [6.07, 6.45) is 0.846. The van der Waals surface area contributed by atoms with Gasteiger partial charge in [0.2, 0.25) is 0 Å². The summed E-state index contributed by atoms with van der Waals surface area (Å²) < 4.78 is 35.2. The van der Waals surface area contributed by atoms with E-state index in [0.717, 1.165) is 12.0 Å². The van der Waals surface area contributed by atoms with Crippen molar-refractivity contribution in [2.24, 2.45) is 0 Å². The van der Waals surface area contributed by atoms with E-state index < -0.39 is 16.3 Å². The van der Waals surface area contributed by atoms with Crippen molar-refractivity contribution < 1.29 is 27.2 Å². The molecule has 0 aliphatic rings. The molecule has 2 aromatic carbocycles. The molecule has 0 radical (unpaired) electrons. The van der Waals surface area contributed by atoms with Gasteiger partial charge in [-0.15, -0.1) is 0 Å². The Morgan fingerprint density at radius 2 is 1.64 bits per heavy atom. The second-order valence-corrected chi connectivity index (χ2v) is 7.15. The Kier molecular flexibility index (Phi) is 8.47. The van der Waals surface area contributed by atoms with Gasteiger partial charge in [0.15, 0.2) is 0 Å². The van der Waals surface area contributed by atoms with Crippen LogP contribution in [0.4, 0.5) is 4.79 Å². The molecule has 25 heavy (non-hydrogen) atoms. The largest absolute Gasteiger partial charge is 0.513 e. The summed E-state index contributed by atoms with van der Waals surface area (Å²) in [5.74, 6) is 0.459. The van der Waals surface area contributed by atoms with E-state index in [-0.39, 0.29) is 5.25 Å². The third-order valence-electron chi connectivity index (χ3n) is 2.90. The fourth-order valence-electron chi connectivity index (χ4n) is 1.85. The zero-order chi connectivity index (χ0) is 18.9. The first-order valence-electron chi connectivity index (χ1n) is 7.19. The maximum Gasteiger partial charge on any atom is 0.513 e. The van der Waals surface area contributed by atoms with Crippen LogP contribution >= 0.6 is 12.6 Å². The molecule has 0 amide bonds. The Labute approximate surface area is 152 Å². The number of carbonyl (C=O) groups is 1. The van der Waals surface area contributed by atoms with Crippen LogP contribution in [-0.4, -0.2) is 32.5 Å². The molecule has 8 heteroatoms. The second-order valence-electron chi connectivity index (χ2n) is 5.06. The molecule has 2 aromatic rings. The van der Waals surface area contributed by atoms with Gasteiger partial charge in [0.25, 0.3) is 10.1 Å². The number of hydrogen-bond acceptors (Lipinski definition) is 6. The van der Waals surface area contributed by atoms with Crippen LogP contribution in [0.1, 0.15) is 16.4 Å². The third kappa shape index (κ3) is 9.75.